The molecule has 0 bridgehead atoms. The molecule has 22 heavy (non-hydrogen) atoms. The number of ether oxygens (including phenoxy) is 2. The van der Waals surface area contributed by atoms with Gasteiger partial charge >= 0.3 is 0 Å². The van der Waals surface area contributed by atoms with Gasteiger partial charge in [-0.15, -0.1) is 0 Å². The molecule has 0 aliphatic carbocycles. The minimum absolute atomic E-state index is 0.0972. The fourth-order valence-corrected chi connectivity index (χ4v) is 1.81. The lowest BCUT2D eigenvalue weighted by atomic mass is 10.2. The van der Waals surface area contributed by atoms with Gasteiger partial charge in [0, 0.05) is 6.07 Å². The molecule has 0 atom stereocenters. The highest BCUT2D eigenvalue weighted by Gasteiger charge is 2.09. The van der Waals surface area contributed by atoms with E-state index < -0.39 is 0 Å². The number of benzene rings is 2. The van der Waals surface area contributed by atoms with E-state index in [0.717, 1.165) is 5.75 Å². The molecule has 2 aromatic carbocycles. The number of aromatic hydroxyl groups is 1. The highest BCUT2D eigenvalue weighted by atomic mass is 16.5. The molecule has 6 heteroatoms. The van der Waals surface area contributed by atoms with E-state index in [9.17, 15) is 9.90 Å². The molecule has 1 N–H and O–H groups in total. The molecular formula is C16H16N2O4. The number of phenolic OH excluding ortho intramolecular Hbond substituents is 1. The summed E-state index contributed by atoms with van der Waals surface area (Å²) in [6.07, 6.45) is 0.535. The molecule has 0 saturated carbocycles. The number of nitrogens with zero attached hydrogens (tertiary/aromatic N) is 2. The summed E-state index contributed by atoms with van der Waals surface area (Å²) in [5.41, 5.74) is 1.15. The number of carbonyl (C=O) groups is 1. The molecule has 114 valence electrons. The van der Waals surface area contributed by atoms with Gasteiger partial charge in [0.25, 0.3) is 0 Å². The van der Waals surface area contributed by atoms with Gasteiger partial charge in [-0.3, -0.25) is 4.79 Å². The molecule has 2 aromatic rings. The van der Waals surface area contributed by atoms with Crippen molar-refractivity contribution in [1.82, 2.24) is 0 Å². The first-order chi connectivity index (χ1) is 10.7. The number of azo groups is 1. The standard InChI is InChI=1S/C16H16N2O4/c1-3-22-14-6-4-12(5-7-14)17-18-13-8-11(10-19)16(20)15(9-13)21-2/h4-10,20H,3H2,1-2H3. The number of hydrogen-bond donors (Lipinski definition) is 1. The van der Waals surface area contributed by atoms with E-state index >= 15 is 0 Å². The first-order valence-electron chi connectivity index (χ1n) is 6.68. The number of aldehydes is 1. The smallest absolute Gasteiger partial charge is 0.168 e. The van der Waals surface area contributed by atoms with Crippen LogP contribution in [0, 0.1) is 0 Å². The predicted molar refractivity (Wildman–Crippen MR) is 81.8 cm³/mol. The molecule has 0 heterocycles. The third kappa shape index (κ3) is 3.60. The van der Waals surface area contributed by atoms with Crippen LogP contribution in [0.5, 0.6) is 17.2 Å². The summed E-state index contributed by atoms with van der Waals surface area (Å²) >= 11 is 0. The third-order valence-electron chi connectivity index (χ3n) is 2.86. The van der Waals surface area contributed by atoms with E-state index in [1.807, 2.05) is 6.92 Å². The van der Waals surface area contributed by atoms with E-state index in [-0.39, 0.29) is 17.1 Å². The molecule has 0 unspecified atom stereocenters. The van der Waals surface area contributed by atoms with Crippen molar-refractivity contribution in [2.45, 2.75) is 6.92 Å². The monoisotopic (exact) mass is 300 g/mol. The number of phenols is 1. The Labute approximate surface area is 128 Å². The van der Waals surface area contributed by atoms with E-state index in [1.54, 1.807) is 24.3 Å². The molecule has 2 rings (SSSR count). The Balaban J connectivity index is 2.24. The van der Waals surface area contributed by atoms with Crippen molar-refractivity contribution in [3.05, 3.63) is 42.0 Å². The highest BCUT2D eigenvalue weighted by molar-refractivity contribution is 5.83. The summed E-state index contributed by atoms with van der Waals surface area (Å²) in [7, 11) is 1.40. The van der Waals surface area contributed by atoms with Gasteiger partial charge in [-0.25, -0.2) is 0 Å². The van der Waals surface area contributed by atoms with E-state index in [1.165, 1.54) is 19.2 Å². The maximum absolute atomic E-state index is 10.9. The van der Waals surface area contributed by atoms with Crippen molar-refractivity contribution in [2.24, 2.45) is 10.2 Å². The first kappa shape index (κ1) is 15.5. The van der Waals surface area contributed by atoms with Gasteiger partial charge in [0.05, 0.1) is 30.7 Å². The lowest BCUT2D eigenvalue weighted by molar-refractivity contribution is 0.112. The zero-order chi connectivity index (χ0) is 15.9. The first-order valence-corrected chi connectivity index (χ1v) is 6.68. The van der Waals surface area contributed by atoms with Crippen LogP contribution in [0.4, 0.5) is 11.4 Å². The molecule has 0 aliphatic rings. The lowest BCUT2D eigenvalue weighted by Crippen LogP contribution is -1.89. The van der Waals surface area contributed by atoms with Crippen LogP contribution >= 0.6 is 0 Å². The molecule has 0 amide bonds. The van der Waals surface area contributed by atoms with Crippen LogP contribution in [-0.2, 0) is 0 Å². The van der Waals surface area contributed by atoms with Gasteiger partial charge < -0.3 is 14.6 Å². The third-order valence-corrected chi connectivity index (χ3v) is 2.86. The van der Waals surface area contributed by atoms with Crippen molar-refractivity contribution >= 4 is 17.7 Å². The molecular weight excluding hydrogens is 284 g/mol. The second-order valence-corrected chi connectivity index (χ2v) is 4.33. The Kier molecular flexibility index (Phi) is 5.08. The van der Waals surface area contributed by atoms with Crippen LogP contribution in [0.3, 0.4) is 0 Å². The summed E-state index contributed by atoms with van der Waals surface area (Å²) in [6.45, 7) is 2.51. The number of methoxy groups -OCH3 is 1. The summed E-state index contributed by atoms with van der Waals surface area (Å²) in [5, 5.41) is 17.9. The molecule has 0 saturated heterocycles. The Morgan fingerprint density at radius 3 is 2.41 bits per heavy atom. The largest absolute Gasteiger partial charge is 0.504 e. The second-order valence-electron chi connectivity index (χ2n) is 4.33. The Morgan fingerprint density at radius 2 is 1.82 bits per heavy atom. The van der Waals surface area contributed by atoms with Crippen LogP contribution in [0.2, 0.25) is 0 Å². The van der Waals surface area contributed by atoms with Gasteiger partial charge in [0.2, 0.25) is 0 Å². The Hall–Kier alpha value is -2.89. The molecule has 0 aliphatic heterocycles. The number of rotatable bonds is 6. The maximum atomic E-state index is 10.9. The van der Waals surface area contributed by atoms with Crippen molar-refractivity contribution in [3.63, 3.8) is 0 Å². The summed E-state index contributed by atoms with van der Waals surface area (Å²) < 4.78 is 10.3. The topological polar surface area (TPSA) is 80.5 Å². The van der Waals surface area contributed by atoms with Crippen molar-refractivity contribution < 1.29 is 19.4 Å². The van der Waals surface area contributed by atoms with Crippen molar-refractivity contribution in [3.8, 4) is 17.2 Å². The lowest BCUT2D eigenvalue weighted by Gasteiger charge is -2.06. The summed E-state index contributed by atoms with van der Waals surface area (Å²) in [4.78, 5) is 10.9. The normalized spacial score (nSPS) is 10.6. The van der Waals surface area contributed by atoms with Crippen LogP contribution in [0.25, 0.3) is 0 Å². The van der Waals surface area contributed by atoms with Crippen LogP contribution in [0.1, 0.15) is 17.3 Å². The van der Waals surface area contributed by atoms with Gasteiger partial charge in [-0.05, 0) is 37.3 Å². The van der Waals surface area contributed by atoms with E-state index in [0.29, 0.717) is 24.3 Å². The summed E-state index contributed by atoms with van der Waals surface area (Å²) in [6, 6.07) is 10.1. The molecule has 0 radical (unpaired) electrons. The van der Waals surface area contributed by atoms with Crippen LogP contribution < -0.4 is 9.47 Å². The average Bonchev–Trinajstić information content (AvgIpc) is 2.55. The van der Waals surface area contributed by atoms with Crippen molar-refractivity contribution in [1.29, 1.82) is 0 Å². The highest BCUT2D eigenvalue weighted by Crippen LogP contribution is 2.34. The quantitative estimate of drug-likeness (QED) is 0.645. The maximum Gasteiger partial charge on any atom is 0.168 e. The van der Waals surface area contributed by atoms with Gasteiger partial charge in [-0.1, -0.05) is 0 Å². The number of hydrogen-bond acceptors (Lipinski definition) is 6. The van der Waals surface area contributed by atoms with Gasteiger partial charge in [0.1, 0.15) is 5.75 Å². The molecule has 0 spiro atoms. The Morgan fingerprint density at radius 1 is 1.14 bits per heavy atom. The van der Waals surface area contributed by atoms with Crippen molar-refractivity contribution in [2.75, 3.05) is 13.7 Å². The second kappa shape index (κ2) is 7.21. The minimum atomic E-state index is -0.211. The minimum Gasteiger partial charge on any atom is -0.504 e. The molecule has 0 fully saturated rings. The fourth-order valence-electron chi connectivity index (χ4n) is 1.81. The molecule has 0 aromatic heterocycles. The predicted octanol–water partition coefficient (Wildman–Crippen LogP) is 4.03. The van der Waals surface area contributed by atoms with Crippen LogP contribution in [0.15, 0.2) is 46.6 Å². The SMILES string of the molecule is CCOc1ccc(N=Nc2cc(C=O)c(O)c(OC)c2)cc1. The zero-order valence-corrected chi connectivity index (χ0v) is 12.3. The van der Waals surface area contributed by atoms with Gasteiger partial charge in [-0.2, -0.15) is 10.2 Å². The fraction of sp³-hybridized carbons (Fsp3) is 0.188. The van der Waals surface area contributed by atoms with E-state index in [4.69, 9.17) is 9.47 Å². The zero-order valence-electron chi connectivity index (χ0n) is 12.3. The van der Waals surface area contributed by atoms with Gasteiger partial charge in [0.15, 0.2) is 17.8 Å². The summed E-state index contributed by atoms with van der Waals surface area (Å²) in [5.74, 6) is 0.721. The average molecular weight is 300 g/mol. The number of carbonyl (C=O) groups excluding carboxylic acids is 1. The Bertz CT molecular complexity index is 681. The van der Waals surface area contributed by atoms with Crippen LogP contribution in [-0.4, -0.2) is 25.1 Å². The van der Waals surface area contributed by atoms with E-state index in [2.05, 4.69) is 10.2 Å². The molecule has 6 nitrogen and oxygen atoms in total.